The number of hydrogen-bond donors (Lipinski definition) is 0. The number of aromatic nitrogens is 3. The zero-order chi connectivity index (χ0) is 10.7. The van der Waals surface area contributed by atoms with Crippen LogP contribution in [-0.2, 0) is 0 Å². The highest BCUT2D eigenvalue weighted by atomic mass is 32.2. The van der Waals surface area contributed by atoms with Gasteiger partial charge >= 0.3 is 0 Å². The summed E-state index contributed by atoms with van der Waals surface area (Å²) >= 11 is 1.56. The molecule has 2 heterocycles. The molecule has 0 saturated heterocycles. The Morgan fingerprint density at radius 2 is 1.93 bits per heavy atom. The van der Waals surface area contributed by atoms with Crippen LogP contribution >= 0.6 is 23.1 Å². The van der Waals surface area contributed by atoms with Crippen molar-refractivity contribution in [1.29, 1.82) is 0 Å². The van der Waals surface area contributed by atoms with E-state index in [1.165, 1.54) is 0 Å². The lowest BCUT2D eigenvalue weighted by Crippen LogP contribution is -1.79. The predicted octanol–water partition coefficient (Wildman–Crippen LogP) is 2.91. The Bertz CT molecular complexity index is 432. The minimum atomic E-state index is -2.46. The average Bonchev–Trinajstić information content (AvgIpc) is 2.67. The molecular formula is C8H5F2N3S2. The van der Waals surface area contributed by atoms with Crippen molar-refractivity contribution in [2.24, 2.45) is 0 Å². The molecule has 0 spiro atoms. The largest absolute Gasteiger partial charge is 0.291 e. The Balaban J connectivity index is 2.21. The van der Waals surface area contributed by atoms with Gasteiger partial charge in [0.25, 0.3) is 5.76 Å². The molecule has 15 heavy (non-hydrogen) atoms. The molecule has 7 heteroatoms. The molecule has 0 aliphatic carbocycles. The molecule has 0 amide bonds. The first kappa shape index (κ1) is 10.4. The maximum absolute atomic E-state index is 12.0. The normalized spacial score (nSPS) is 10.9. The van der Waals surface area contributed by atoms with Crippen LogP contribution in [0.4, 0.5) is 8.78 Å². The van der Waals surface area contributed by atoms with Gasteiger partial charge in [-0.15, -0.1) is 10.2 Å². The minimum Gasteiger partial charge on any atom is -0.265 e. The van der Waals surface area contributed by atoms with Gasteiger partial charge in [-0.05, 0) is 23.9 Å². The molecule has 2 aromatic heterocycles. The third kappa shape index (κ3) is 2.69. The Hall–Kier alpha value is -1.08. The molecular weight excluding hydrogens is 240 g/mol. The van der Waals surface area contributed by atoms with E-state index in [0.29, 0.717) is 16.8 Å². The molecule has 0 bridgehead atoms. The first-order valence-electron chi connectivity index (χ1n) is 3.94. The van der Waals surface area contributed by atoms with Crippen LogP contribution in [0.25, 0.3) is 10.6 Å². The summed E-state index contributed by atoms with van der Waals surface area (Å²) in [5.41, 5.74) is 0.837. The maximum Gasteiger partial charge on any atom is 0.291 e. The molecule has 3 nitrogen and oxygen atoms in total. The first-order chi connectivity index (χ1) is 7.25. The smallest absolute Gasteiger partial charge is 0.265 e. The van der Waals surface area contributed by atoms with E-state index in [1.54, 1.807) is 24.5 Å². The molecule has 2 rings (SSSR count). The van der Waals surface area contributed by atoms with Gasteiger partial charge in [-0.25, -0.2) is 0 Å². The molecule has 0 unspecified atom stereocenters. The molecule has 0 N–H and O–H groups in total. The molecule has 0 aromatic carbocycles. The fourth-order valence-corrected chi connectivity index (χ4v) is 2.42. The lowest BCUT2D eigenvalue weighted by molar-refractivity contribution is 0.252. The van der Waals surface area contributed by atoms with Crippen molar-refractivity contribution in [2.75, 3.05) is 0 Å². The van der Waals surface area contributed by atoms with Crippen molar-refractivity contribution in [1.82, 2.24) is 15.2 Å². The van der Waals surface area contributed by atoms with Crippen LogP contribution in [-0.4, -0.2) is 20.9 Å². The van der Waals surface area contributed by atoms with Crippen LogP contribution in [0.5, 0.6) is 0 Å². The third-order valence-electron chi connectivity index (χ3n) is 1.52. The standard InChI is InChI=1S/C8H5F2N3S2/c9-7(10)15-8-13-12-6(14-8)5-1-3-11-4-2-5/h1-4,7H. The first-order valence-corrected chi connectivity index (χ1v) is 5.64. The second-order valence-electron chi connectivity index (χ2n) is 2.49. The van der Waals surface area contributed by atoms with E-state index in [1.807, 2.05) is 0 Å². The topological polar surface area (TPSA) is 38.7 Å². The number of thioether (sulfide) groups is 1. The molecule has 0 saturated carbocycles. The van der Waals surface area contributed by atoms with Crippen molar-refractivity contribution in [3.63, 3.8) is 0 Å². The lowest BCUT2D eigenvalue weighted by Gasteiger charge is -1.91. The second-order valence-corrected chi connectivity index (χ2v) is 4.70. The lowest BCUT2D eigenvalue weighted by atomic mass is 10.3. The summed E-state index contributed by atoms with van der Waals surface area (Å²) in [5.74, 6) is -2.46. The number of rotatable bonds is 3. The van der Waals surface area contributed by atoms with Gasteiger partial charge in [0, 0.05) is 18.0 Å². The highest BCUT2D eigenvalue weighted by Gasteiger charge is 2.11. The van der Waals surface area contributed by atoms with E-state index < -0.39 is 5.76 Å². The summed E-state index contributed by atoms with van der Waals surface area (Å²) in [6.45, 7) is 0. The van der Waals surface area contributed by atoms with Crippen molar-refractivity contribution in [3.8, 4) is 10.6 Å². The number of hydrogen-bond acceptors (Lipinski definition) is 5. The van der Waals surface area contributed by atoms with Crippen LogP contribution in [0.1, 0.15) is 0 Å². The van der Waals surface area contributed by atoms with E-state index in [4.69, 9.17) is 0 Å². The highest BCUT2D eigenvalue weighted by molar-refractivity contribution is 8.01. The summed E-state index contributed by atoms with van der Waals surface area (Å²) < 4.78 is 24.3. The van der Waals surface area contributed by atoms with Gasteiger partial charge in [-0.3, -0.25) is 4.98 Å². The van der Waals surface area contributed by atoms with E-state index >= 15 is 0 Å². The second kappa shape index (κ2) is 4.63. The molecule has 0 atom stereocenters. The average molecular weight is 245 g/mol. The zero-order valence-corrected chi connectivity index (χ0v) is 8.93. The molecule has 0 fully saturated rings. The van der Waals surface area contributed by atoms with E-state index in [2.05, 4.69) is 15.2 Å². The van der Waals surface area contributed by atoms with Crippen molar-refractivity contribution in [2.45, 2.75) is 10.1 Å². The maximum atomic E-state index is 12.0. The Morgan fingerprint density at radius 1 is 1.20 bits per heavy atom. The van der Waals surface area contributed by atoms with Gasteiger partial charge in [-0.2, -0.15) is 8.78 Å². The van der Waals surface area contributed by atoms with Crippen LogP contribution in [0, 0.1) is 0 Å². The molecule has 0 radical (unpaired) electrons. The van der Waals surface area contributed by atoms with Gasteiger partial charge in [0.05, 0.1) is 0 Å². The Labute approximate surface area is 92.6 Å². The fraction of sp³-hybridized carbons (Fsp3) is 0.125. The van der Waals surface area contributed by atoms with Crippen LogP contribution in [0.2, 0.25) is 0 Å². The fourth-order valence-electron chi connectivity index (χ4n) is 0.945. The Morgan fingerprint density at radius 3 is 2.60 bits per heavy atom. The highest BCUT2D eigenvalue weighted by Crippen LogP contribution is 2.31. The number of nitrogens with zero attached hydrogens (tertiary/aromatic N) is 3. The summed E-state index contributed by atoms with van der Waals surface area (Å²) in [6.07, 6.45) is 3.24. The molecule has 2 aromatic rings. The molecule has 0 aliphatic heterocycles. The van der Waals surface area contributed by atoms with Crippen LogP contribution in [0.15, 0.2) is 28.9 Å². The van der Waals surface area contributed by atoms with Crippen molar-refractivity contribution in [3.05, 3.63) is 24.5 Å². The summed E-state index contributed by atoms with van der Waals surface area (Å²) in [5, 5.41) is 8.12. The third-order valence-corrected chi connectivity index (χ3v) is 3.29. The van der Waals surface area contributed by atoms with Crippen LogP contribution < -0.4 is 0 Å². The molecule has 78 valence electrons. The van der Waals surface area contributed by atoms with E-state index in [9.17, 15) is 8.78 Å². The van der Waals surface area contributed by atoms with Gasteiger partial charge in [0.15, 0.2) is 4.34 Å². The van der Waals surface area contributed by atoms with Gasteiger partial charge in [0.2, 0.25) is 0 Å². The number of alkyl halides is 2. The van der Waals surface area contributed by atoms with Crippen molar-refractivity contribution >= 4 is 23.1 Å². The van der Waals surface area contributed by atoms with Gasteiger partial charge in [-0.1, -0.05) is 11.3 Å². The minimum absolute atomic E-state index is 0.275. The van der Waals surface area contributed by atoms with Crippen LogP contribution in [0.3, 0.4) is 0 Å². The van der Waals surface area contributed by atoms with E-state index in [0.717, 1.165) is 16.9 Å². The number of halogens is 2. The van der Waals surface area contributed by atoms with E-state index in [-0.39, 0.29) is 4.34 Å². The summed E-state index contributed by atoms with van der Waals surface area (Å²) in [7, 11) is 0. The predicted molar refractivity (Wildman–Crippen MR) is 55.0 cm³/mol. The molecule has 0 aliphatic rings. The quantitative estimate of drug-likeness (QED) is 0.779. The van der Waals surface area contributed by atoms with Gasteiger partial charge in [0.1, 0.15) is 5.01 Å². The zero-order valence-electron chi connectivity index (χ0n) is 7.30. The monoisotopic (exact) mass is 245 g/mol. The Kier molecular flexibility index (Phi) is 3.22. The summed E-state index contributed by atoms with van der Waals surface area (Å²) in [4.78, 5) is 3.86. The summed E-state index contributed by atoms with van der Waals surface area (Å²) in [6, 6.07) is 3.52. The van der Waals surface area contributed by atoms with Gasteiger partial charge < -0.3 is 0 Å². The van der Waals surface area contributed by atoms with Crippen molar-refractivity contribution < 1.29 is 8.78 Å². The number of pyridine rings is 1. The SMILES string of the molecule is FC(F)Sc1nnc(-c2ccncc2)s1.